The summed E-state index contributed by atoms with van der Waals surface area (Å²) in [6, 6.07) is 6.59. The number of carboxylic acids is 1. The molecule has 1 aliphatic heterocycles. The SMILES string of the molecule is Cc1ccc(S(=O)(=O)N2CCCC(C(=O)NC3CC(C(=O)O)C3)C2)cc1. The zero-order valence-corrected chi connectivity index (χ0v) is 15.5. The van der Waals surface area contributed by atoms with Crippen molar-refractivity contribution in [3.63, 3.8) is 0 Å². The molecule has 1 saturated heterocycles. The molecule has 2 aliphatic rings. The lowest BCUT2D eigenvalue weighted by atomic mass is 9.80. The van der Waals surface area contributed by atoms with Gasteiger partial charge in [0.15, 0.2) is 0 Å². The van der Waals surface area contributed by atoms with E-state index in [0.29, 0.717) is 32.2 Å². The van der Waals surface area contributed by atoms with Crippen LogP contribution in [-0.4, -0.2) is 48.8 Å². The highest BCUT2D eigenvalue weighted by molar-refractivity contribution is 7.89. The average Bonchev–Trinajstić information content (AvgIpc) is 2.57. The molecule has 0 spiro atoms. The van der Waals surface area contributed by atoms with Gasteiger partial charge in [-0.2, -0.15) is 4.31 Å². The topological polar surface area (TPSA) is 104 Å². The van der Waals surface area contributed by atoms with Gasteiger partial charge < -0.3 is 10.4 Å². The third-order valence-electron chi connectivity index (χ3n) is 5.25. The fraction of sp³-hybridized carbons (Fsp3) is 0.556. The van der Waals surface area contributed by atoms with Crippen LogP contribution in [0.2, 0.25) is 0 Å². The number of nitrogens with zero attached hydrogens (tertiary/aromatic N) is 1. The van der Waals surface area contributed by atoms with Crippen molar-refractivity contribution < 1.29 is 23.1 Å². The van der Waals surface area contributed by atoms with E-state index in [1.807, 2.05) is 6.92 Å². The number of hydrogen-bond acceptors (Lipinski definition) is 4. The molecule has 142 valence electrons. The molecule has 8 heteroatoms. The monoisotopic (exact) mass is 380 g/mol. The van der Waals surface area contributed by atoms with Crippen molar-refractivity contribution in [3.8, 4) is 0 Å². The fourth-order valence-corrected chi connectivity index (χ4v) is 5.01. The molecule has 1 aliphatic carbocycles. The predicted octanol–water partition coefficient (Wildman–Crippen LogP) is 1.38. The quantitative estimate of drug-likeness (QED) is 0.803. The van der Waals surface area contributed by atoms with Gasteiger partial charge >= 0.3 is 5.97 Å². The molecule has 7 nitrogen and oxygen atoms in total. The summed E-state index contributed by atoms with van der Waals surface area (Å²) < 4.78 is 27.0. The van der Waals surface area contributed by atoms with Crippen molar-refractivity contribution >= 4 is 21.9 Å². The Kier molecular flexibility index (Phi) is 5.34. The van der Waals surface area contributed by atoms with Gasteiger partial charge in [-0.15, -0.1) is 0 Å². The Morgan fingerprint density at radius 1 is 1.15 bits per heavy atom. The van der Waals surface area contributed by atoms with E-state index >= 15 is 0 Å². The zero-order chi connectivity index (χ0) is 18.9. The van der Waals surface area contributed by atoms with Crippen LogP contribution in [0.3, 0.4) is 0 Å². The van der Waals surface area contributed by atoms with Crippen LogP contribution in [0.25, 0.3) is 0 Å². The lowest BCUT2D eigenvalue weighted by Crippen LogP contribution is -2.51. The standard InChI is InChI=1S/C18H24N2O5S/c1-12-4-6-16(7-5-12)26(24,25)20-8-2-3-13(11-20)17(21)19-15-9-14(10-15)18(22)23/h4-7,13-15H,2-3,8-11H2,1H3,(H,19,21)(H,22,23). The Bertz CT molecular complexity index is 784. The number of hydrogen-bond donors (Lipinski definition) is 2. The van der Waals surface area contributed by atoms with E-state index < -0.39 is 21.9 Å². The largest absolute Gasteiger partial charge is 0.481 e. The van der Waals surface area contributed by atoms with E-state index in [2.05, 4.69) is 5.32 Å². The van der Waals surface area contributed by atoms with E-state index in [4.69, 9.17) is 5.11 Å². The number of piperidine rings is 1. The molecule has 1 aromatic rings. The Morgan fingerprint density at radius 2 is 1.81 bits per heavy atom. The molecule has 3 rings (SSSR count). The third kappa shape index (κ3) is 3.91. The van der Waals surface area contributed by atoms with Gasteiger partial charge in [-0.25, -0.2) is 8.42 Å². The van der Waals surface area contributed by atoms with Gasteiger partial charge in [-0.05, 0) is 44.7 Å². The van der Waals surface area contributed by atoms with E-state index in [-0.39, 0.29) is 29.3 Å². The number of benzene rings is 1. The molecule has 1 heterocycles. The Morgan fingerprint density at radius 3 is 2.42 bits per heavy atom. The first kappa shape index (κ1) is 18.8. The van der Waals surface area contributed by atoms with E-state index in [0.717, 1.165) is 5.56 Å². The van der Waals surface area contributed by atoms with Gasteiger partial charge in [0.1, 0.15) is 0 Å². The summed E-state index contributed by atoms with van der Waals surface area (Å²) in [6.45, 7) is 2.47. The molecule has 1 unspecified atom stereocenters. The molecular formula is C18H24N2O5S. The summed E-state index contributed by atoms with van der Waals surface area (Å²) in [4.78, 5) is 23.5. The molecule has 0 radical (unpaired) electrons. The summed E-state index contributed by atoms with van der Waals surface area (Å²) >= 11 is 0. The zero-order valence-electron chi connectivity index (χ0n) is 14.7. The second kappa shape index (κ2) is 7.36. The summed E-state index contributed by atoms with van der Waals surface area (Å²) in [7, 11) is -3.61. The smallest absolute Gasteiger partial charge is 0.306 e. The lowest BCUT2D eigenvalue weighted by molar-refractivity contribution is -0.146. The summed E-state index contributed by atoms with van der Waals surface area (Å²) in [5.41, 5.74) is 0.986. The summed E-state index contributed by atoms with van der Waals surface area (Å²) in [5.74, 6) is -1.79. The molecule has 2 fully saturated rings. The van der Waals surface area contributed by atoms with Crippen molar-refractivity contribution in [1.29, 1.82) is 0 Å². The Balaban J connectivity index is 1.61. The maximum absolute atomic E-state index is 12.8. The number of carbonyl (C=O) groups is 2. The molecule has 0 bridgehead atoms. The Labute approximate surface area is 153 Å². The van der Waals surface area contributed by atoms with Crippen molar-refractivity contribution in [2.75, 3.05) is 13.1 Å². The number of aryl methyl sites for hydroxylation is 1. The van der Waals surface area contributed by atoms with Crippen LogP contribution in [0.5, 0.6) is 0 Å². The van der Waals surface area contributed by atoms with Gasteiger partial charge in [0.2, 0.25) is 15.9 Å². The molecule has 1 atom stereocenters. The number of amides is 1. The van der Waals surface area contributed by atoms with E-state index in [9.17, 15) is 18.0 Å². The van der Waals surface area contributed by atoms with Crippen LogP contribution in [0, 0.1) is 18.8 Å². The van der Waals surface area contributed by atoms with Crippen LogP contribution >= 0.6 is 0 Å². The van der Waals surface area contributed by atoms with Crippen LogP contribution in [0.1, 0.15) is 31.2 Å². The van der Waals surface area contributed by atoms with Gasteiger partial charge in [0.05, 0.1) is 16.7 Å². The normalized spacial score (nSPS) is 26.7. The number of carboxylic acid groups (broad SMARTS) is 1. The minimum atomic E-state index is -3.61. The minimum Gasteiger partial charge on any atom is -0.481 e. The number of carbonyl (C=O) groups excluding carboxylic acids is 1. The highest BCUT2D eigenvalue weighted by atomic mass is 32.2. The first-order valence-corrected chi connectivity index (χ1v) is 10.3. The van der Waals surface area contributed by atoms with E-state index in [1.54, 1.807) is 24.3 Å². The highest BCUT2D eigenvalue weighted by Gasteiger charge is 2.38. The number of sulfonamides is 1. The van der Waals surface area contributed by atoms with Gasteiger partial charge in [0.25, 0.3) is 0 Å². The first-order chi connectivity index (χ1) is 12.3. The molecule has 1 saturated carbocycles. The predicted molar refractivity (Wildman–Crippen MR) is 95.0 cm³/mol. The Hall–Kier alpha value is -1.93. The maximum Gasteiger partial charge on any atom is 0.306 e. The average molecular weight is 380 g/mol. The molecule has 2 N–H and O–H groups in total. The summed E-state index contributed by atoms with van der Waals surface area (Å²) in [6.07, 6.45) is 2.16. The molecule has 26 heavy (non-hydrogen) atoms. The van der Waals surface area contributed by atoms with Crippen LogP contribution in [0.15, 0.2) is 29.2 Å². The summed E-state index contributed by atoms with van der Waals surface area (Å²) in [5, 5.41) is 11.8. The van der Waals surface area contributed by atoms with Crippen molar-refractivity contribution in [3.05, 3.63) is 29.8 Å². The van der Waals surface area contributed by atoms with E-state index in [1.165, 1.54) is 4.31 Å². The highest BCUT2D eigenvalue weighted by Crippen LogP contribution is 2.29. The van der Waals surface area contributed by atoms with Crippen LogP contribution in [-0.2, 0) is 19.6 Å². The second-order valence-corrected chi connectivity index (χ2v) is 9.17. The van der Waals surface area contributed by atoms with Crippen molar-refractivity contribution in [2.45, 2.75) is 43.5 Å². The number of rotatable bonds is 5. The third-order valence-corrected chi connectivity index (χ3v) is 7.13. The second-order valence-electron chi connectivity index (χ2n) is 7.23. The molecular weight excluding hydrogens is 356 g/mol. The van der Waals surface area contributed by atoms with Gasteiger partial charge in [-0.3, -0.25) is 9.59 Å². The van der Waals surface area contributed by atoms with Gasteiger partial charge in [0, 0.05) is 19.1 Å². The van der Waals surface area contributed by atoms with Crippen molar-refractivity contribution in [1.82, 2.24) is 9.62 Å². The van der Waals surface area contributed by atoms with Crippen molar-refractivity contribution in [2.24, 2.45) is 11.8 Å². The maximum atomic E-state index is 12.8. The van der Waals surface area contributed by atoms with Crippen LogP contribution in [0.4, 0.5) is 0 Å². The van der Waals surface area contributed by atoms with Gasteiger partial charge in [-0.1, -0.05) is 17.7 Å². The fourth-order valence-electron chi connectivity index (χ4n) is 3.49. The number of aliphatic carboxylic acids is 1. The first-order valence-electron chi connectivity index (χ1n) is 8.87. The molecule has 1 aromatic carbocycles. The number of nitrogens with one attached hydrogen (secondary N) is 1. The minimum absolute atomic E-state index is 0.118. The van der Waals surface area contributed by atoms with Crippen LogP contribution < -0.4 is 5.32 Å². The lowest BCUT2D eigenvalue weighted by Gasteiger charge is -2.36. The molecule has 0 aromatic heterocycles. The molecule has 1 amide bonds.